The molecule has 0 atom stereocenters. The zero-order valence-corrected chi connectivity index (χ0v) is 16.7. The highest BCUT2D eigenvalue weighted by Crippen LogP contribution is 2.41. The predicted molar refractivity (Wildman–Crippen MR) is 109 cm³/mol. The summed E-state index contributed by atoms with van der Waals surface area (Å²) in [6.45, 7) is 3.39. The Kier molecular flexibility index (Phi) is 4.88. The third-order valence-corrected chi connectivity index (χ3v) is 5.29. The van der Waals surface area contributed by atoms with Gasteiger partial charge in [0.2, 0.25) is 0 Å². The van der Waals surface area contributed by atoms with Gasteiger partial charge >= 0.3 is 6.18 Å². The number of aryl methyl sites for hydroxylation is 2. The second-order valence-corrected chi connectivity index (χ2v) is 7.43. The Bertz CT molecular complexity index is 1190. The minimum absolute atomic E-state index is 0.00921. The largest absolute Gasteiger partial charge is 0.508 e. The van der Waals surface area contributed by atoms with E-state index < -0.39 is 23.5 Å². The molecule has 0 saturated heterocycles. The van der Waals surface area contributed by atoms with Crippen LogP contribution in [0.15, 0.2) is 54.6 Å². The first-order chi connectivity index (χ1) is 14.6. The third kappa shape index (κ3) is 3.69. The summed E-state index contributed by atoms with van der Waals surface area (Å²) in [5, 5.41) is 9.70. The molecule has 31 heavy (non-hydrogen) atoms. The van der Waals surface area contributed by atoms with Crippen molar-refractivity contribution in [2.45, 2.75) is 20.0 Å². The molecule has 0 unspecified atom stereocenters. The monoisotopic (exact) mass is 430 g/mol. The van der Waals surface area contributed by atoms with Gasteiger partial charge in [0.05, 0.1) is 16.8 Å². The lowest BCUT2D eigenvalue weighted by Gasteiger charge is -2.39. The number of aromatic hydroxyl groups is 1. The minimum atomic E-state index is -4.61. The van der Waals surface area contributed by atoms with Gasteiger partial charge in [0, 0.05) is 11.4 Å². The summed E-state index contributed by atoms with van der Waals surface area (Å²) < 4.78 is 53.7. The molecule has 4 rings (SSSR count). The molecule has 0 aliphatic carbocycles. The first-order valence-electron chi connectivity index (χ1n) is 9.42. The highest BCUT2D eigenvalue weighted by Gasteiger charge is 2.37. The number of carbonyl (C=O) groups is 1. The molecule has 3 aromatic rings. The fourth-order valence-electron chi connectivity index (χ4n) is 3.80. The van der Waals surface area contributed by atoms with Crippen LogP contribution in [0.3, 0.4) is 0 Å². The number of hydrogen-bond donors (Lipinski definition) is 1. The summed E-state index contributed by atoms with van der Waals surface area (Å²) >= 11 is 0. The highest BCUT2D eigenvalue weighted by atomic mass is 19.4. The van der Waals surface area contributed by atoms with Gasteiger partial charge in [-0.25, -0.2) is 4.39 Å². The molecule has 0 saturated carbocycles. The van der Waals surface area contributed by atoms with E-state index in [0.717, 1.165) is 12.1 Å². The van der Waals surface area contributed by atoms with Gasteiger partial charge < -0.3 is 10.0 Å². The van der Waals surface area contributed by atoms with Gasteiger partial charge in [-0.1, -0.05) is 0 Å². The first kappa shape index (κ1) is 20.7. The van der Waals surface area contributed by atoms with E-state index in [0.29, 0.717) is 28.2 Å². The van der Waals surface area contributed by atoms with Crippen molar-refractivity contribution >= 4 is 23.0 Å². The van der Waals surface area contributed by atoms with Crippen LogP contribution < -0.4 is 9.80 Å². The van der Waals surface area contributed by atoms with Gasteiger partial charge in [-0.05, 0) is 79.6 Å². The topological polar surface area (TPSA) is 43.8 Å². The number of halogens is 4. The van der Waals surface area contributed by atoms with Crippen LogP contribution in [0.1, 0.15) is 27.0 Å². The number of fused-ring (bicyclic) bond motifs is 1. The van der Waals surface area contributed by atoms with E-state index in [1.165, 1.54) is 47.4 Å². The van der Waals surface area contributed by atoms with Gasteiger partial charge in [0.1, 0.15) is 18.2 Å². The fraction of sp³-hybridized carbons (Fsp3) is 0.174. The Morgan fingerprint density at radius 3 is 2.10 bits per heavy atom. The molecule has 8 heteroatoms. The summed E-state index contributed by atoms with van der Waals surface area (Å²) in [5.74, 6) is -1.02. The number of phenols is 1. The van der Waals surface area contributed by atoms with Crippen LogP contribution in [0.2, 0.25) is 0 Å². The summed E-state index contributed by atoms with van der Waals surface area (Å²) in [4.78, 5) is 16.3. The van der Waals surface area contributed by atoms with Crippen molar-refractivity contribution in [1.82, 2.24) is 0 Å². The maximum absolute atomic E-state index is 13.7. The van der Waals surface area contributed by atoms with E-state index in [2.05, 4.69) is 0 Å². The van der Waals surface area contributed by atoms with Gasteiger partial charge in [0.25, 0.3) is 5.91 Å². The summed E-state index contributed by atoms with van der Waals surface area (Å²) in [5.41, 5.74) is 1.44. The predicted octanol–water partition coefficient (Wildman–Crippen LogP) is 5.92. The van der Waals surface area contributed by atoms with E-state index in [1.807, 2.05) is 0 Å². The van der Waals surface area contributed by atoms with Crippen molar-refractivity contribution in [2.75, 3.05) is 16.5 Å². The average molecular weight is 430 g/mol. The number of hydrogen-bond acceptors (Lipinski definition) is 3. The Balaban J connectivity index is 1.92. The smallest absolute Gasteiger partial charge is 0.416 e. The van der Waals surface area contributed by atoms with Crippen molar-refractivity contribution < 1.29 is 27.5 Å². The average Bonchev–Trinajstić information content (AvgIpc) is 2.68. The van der Waals surface area contributed by atoms with Crippen molar-refractivity contribution in [3.8, 4) is 5.75 Å². The molecule has 1 aliphatic rings. The van der Waals surface area contributed by atoms with Crippen LogP contribution in [-0.4, -0.2) is 17.7 Å². The van der Waals surface area contributed by atoms with E-state index >= 15 is 0 Å². The molecule has 0 radical (unpaired) electrons. The lowest BCUT2D eigenvalue weighted by molar-refractivity contribution is -0.137. The zero-order valence-electron chi connectivity index (χ0n) is 16.7. The third-order valence-electron chi connectivity index (χ3n) is 5.29. The number of phenolic OH excluding ortho intramolecular Hbond substituents is 1. The summed E-state index contributed by atoms with van der Waals surface area (Å²) in [6, 6.07) is 11.6. The number of benzene rings is 3. The van der Waals surface area contributed by atoms with Crippen LogP contribution in [0.4, 0.5) is 34.6 Å². The minimum Gasteiger partial charge on any atom is -0.508 e. The molecule has 0 aromatic heterocycles. The standard InChI is InChI=1S/C23H18F4N2O2/c1-13-9-16(24)4-7-19(13)28-12-29(20-8-5-17(30)10-14(20)2)22(31)18-11-15(23(25,26)27)3-6-21(18)28/h3-11,30H,12H2,1-2H3. The lowest BCUT2D eigenvalue weighted by Crippen LogP contribution is -2.45. The number of nitrogens with zero attached hydrogens (tertiary/aromatic N) is 2. The Hall–Kier alpha value is -3.55. The maximum atomic E-state index is 13.7. The van der Waals surface area contributed by atoms with Gasteiger partial charge in [-0.15, -0.1) is 0 Å². The molecule has 1 aliphatic heterocycles. The number of alkyl halides is 3. The normalized spacial score (nSPS) is 14.1. The number of amides is 1. The van der Waals surface area contributed by atoms with E-state index in [9.17, 15) is 27.5 Å². The molecule has 0 spiro atoms. The van der Waals surface area contributed by atoms with Gasteiger partial charge in [-0.2, -0.15) is 13.2 Å². The van der Waals surface area contributed by atoms with Crippen molar-refractivity contribution in [3.05, 3.63) is 82.7 Å². The molecule has 1 amide bonds. The second-order valence-electron chi connectivity index (χ2n) is 7.43. The van der Waals surface area contributed by atoms with E-state index in [4.69, 9.17) is 0 Å². The second kappa shape index (κ2) is 7.30. The van der Waals surface area contributed by atoms with Crippen LogP contribution in [0.25, 0.3) is 0 Å². The molecular formula is C23H18F4N2O2. The number of carbonyl (C=O) groups excluding carboxylic acids is 1. The summed E-state index contributed by atoms with van der Waals surface area (Å²) in [6.07, 6.45) is -4.61. The van der Waals surface area contributed by atoms with Crippen LogP contribution >= 0.6 is 0 Å². The molecule has 1 N–H and O–H groups in total. The Morgan fingerprint density at radius 2 is 1.45 bits per heavy atom. The molecule has 4 nitrogen and oxygen atoms in total. The molecule has 0 fully saturated rings. The zero-order chi connectivity index (χ0) is 22.5. The maximum Gasteiger partial charge on any atom is 0.416 e. The molecule has 160 valence electrons. The summed E-state index contributed by atoms with van der Waals surface area (Å²) in [7, 11) is 0. The van der Waals surface area contributed by atoms with Crippen molar-refractivity contribution in [2.24, 2.45) is 0 Å². The molecule has 1 heterocycles. The van der Waals surface area contributed by atoms with Crippen LogP contribution in [0, 0.1) is 19.7 Å². The van der Waals surface area contributed by atoms with Crippen molar-refractivity contribution in [3.63, 3.8) is 0 Å². The highest BCUT2D eigenvalue weighted by molar-refractivity contribution is 6.13. The van der Waals surface area contributed by atoms with Gasteiger partial charge in [0.15, 0.2) is 0 Å². The van der Waals surface area contributed by atoms with E-state index in [1.54, 1.807) is 18.7 Å². The van der Waals surface area contributed by atoms with Crippen LogP contribution in [-0.2, 0) is 6.18 Å². The first-order valence-corrected chi connectivity index (χ1v) is 9.42. The van der Waals surface area contributed by atoms with Crippen LogP contribution in [0.5, 0.6) is 5.75 Å². The Labute approximate surface area is 176 Å². The Morgan fingerprint density at radius 1 is 0.839 bits per heavy atom. The van der Waals surface area contributed by atoms with Crippen molar-refractivity contribution in [1.29, 1.82) is 0 Å². The molecule has 3 aromatic carbocycles. The number of rotatable bonds is 2. The quantitative estimate of drug-likeness (QED) is 0.513. The van der Waals surface area contributed by atoms with E-state index in [-0.39, 0.29) is 18.0 Å². The molecule has 0 bridgehead atoms. The number of anilines is 3. The van der Waals surface area contributed by atoms with Gasteiger partial charge in [-0.3, -0.25) is 9.69 Å². The lowest BCUT2D eigenvalue weighted by atomic mass is 10.0. The fourth-order valence-corrected chi connectivity index (χ4v) is 3.80. The molecular weight excluding hydrogens is 412 g/mol. The SMILES string of the molecule is Cc1cc(O)ccc1N1CN(c2ccc(F)cc2C)c2ccc(C(F)(F)F)cc2C1=O.